The van der Waals surface area contributed by atoms with Crippen molar-refractivity contribution in [2.75, 3.05) is 6.54 Å². The molecule has 2 atom stereocenters. The number of rotatable bonds is 1. The summed E-state index contributed by atoms with van der Waals surface area (Å²) in [7, 11) is 0. The van der Waals surface area contributed by atoms with E-state index in [2.05, 4.69) is 24.4 Å². The number of nitrogens with one attached hydrogen (secondary N) is 1. The molecule has 1 N–H and O–H groups in total. The van der Waals surface area contributed by atoms with Crippen molar-refractivity contribution in [3.63, 3.8) is 0 Å². The molecule has 3 heteroatoms. The molecule has 2 heterocycles. The van der Waals surface area contributed by atoms with Gasteiger partial charge in [0.1, 0.15) is 11.9 Å². The van der Waals surface area contributed by atoms with Gasteiger partial charge in [-0.25, -0.2) is 0 Å². The fourth-order valence-corrected chi connectivity index (χ4v) is 2.97. The van der Waals surface area contributed by atoms with Crippen molar-refractivity contribution in [1.82, 2.24) is 5.32 Å². The highest BCUT2D eigenvalue weighted by Crippen LogP contribution is 2.39. The van der Waals surface area contributed by atoms with Gasteiger partial charge >= 0.3 is 0 Å². The lowest BCUT2D eigenvalue weighted by molar-refractivity contribution is 0.255. The van der Waals surface area contributed by atoms with Crippen LogP contribution < -0.4 is 10.1 Å². The summed E-state index contributed by atoms with van der Waals surface area (Å²) in [6.45, 7) is 3.20. The van der Waals surface area contributed by atoms with Gasteiger partial charge in [-0.2, -0.15) is 0 Å². The second-order valence-electron chi connectivity index (χ2n) is 4.77. The van der Waals surface area contributed by atoms with Crippen molar-refractivity contribution in [3.05, 3.63) is 28.3 Å². The highest BCUT2D eigenvalue weighted by Gasteiger charge is 2.25. The van der Waals surface area contributed by atoms with Gasteiger partial charge in [-0.05, 0) is 43.5 Å². The molecular formula is C13H16ClNO. The fourth-order valence-electron chi connectivity index (χ4n) is 2.68. The Bertz CT molecular complexity index is 413. The largest absolute Gasteiger partial charge is 0.489 e. The monoisotopic (exact) mass is 237 g/mol. The van der Waals surface area contributed by atoms with Crippen LogP contribution in [-0.4, -0.2) is 12.6 Å². The van der Waals surface area contributed by atoms with Crippen LogP contribution in [0.15, 0.2) is 12.1 Å². The standard InChI is InChI=1S/C13H16ClNO/c1-8-5-10-6-9(12-3-2-4-15-12)7-11(14)13(10)16-8/h6-8,12,15H,2-5H2,1H3. The van der Waals surface area contributed by atoms with Gasteiger partial charge in [-0.3, -0.25) is 0 Å². The maximum Gasteiger partial charge on any atom is 0.141 e. The first-order chi connectivity index (χ1) is 7.74. The predicted molar refractivity (Wildman–Crippen MR) is 65.2 cm³/mol. The first-order valence-electron chi connectivity index (χ1n) is 5.96. The molecule has 2 nitrogen and oxygen atoms in total. The highest BCUT2D eigenvalue weighted by atomic mass is 35.5. The molecule has 0 aromatic heterocycles. The van der Waals surface area contributed by atoms with Gasteiger partial charge in [0.05, 0.1) is 5.02 Å². The zero-order valence-electron chi connectivity index (χ0n) is 9.42. The SMILES string of the molecule is CC1Cc2cc(C3CCCN3)cc(Cl)c2O1. The third-order valence-corrected chi connectivity index (χ3v) is 3.71. The fraction of sp³-hybridized carbons (Fsp3) is 0.538. The Morgan fingerprint density at radius 3 is 3.06 bits per heavy atom. The molecule has 0 aliphatic carbocycles. The van der Waals surface area contributed by atoms with Crippen LogP contribution in [0.5, 0.6) is 5.75 Å². The molecule has 2 aliphatic rings. The molecule has 0 amide bonds. The molecule has 1 saturated heterocycles. The van der Waals surface area contributed by atoms with Crippen LogP contribution in [0.25, 0.3) is 0 Å². The zero-order chi connectivity index (χ0) is 11.1. The van der Waals surface area contributed by atoms with E-state index in [0.717, 1.165) is 23.7 Å². The Morgan fingerprint density at radius 2 is 2.31 bits per heavy atom. The van der Waals surface area contributed by atoms with E-state index in [1.165, 1.54) is 24.0 Å². The topological polar surface area (TPSA) is 21.3 Å². The third kappa shape index (κ3) is 1.70. The van der Waals surface area contributed by atoms with Gasteiger partial charge in [-0.1, -0.05) is 17.7 Å². The number of ether oxygens (including phenoxy) is 1. The molecular weight excluding hydrogens is 222 g/mol. The second kappa shape index (κ2) is 3.94. The minimum absolute atomic E-state index is 0.263. The average Bonchev–Trinajstić information content (AvgIpc) is 2.84. The molecule has 1 fully saturated rings. The number of hydrogen-bond donors (Lipinski definition) is 1. The predicted octanol–water partition coefficient (Wildman–Crippen LogP) is 3.09. The Kier molecular flexibility index (Phi) is 2.56. The molecule has 2 aliphatic heterocycles. The van der Waals surface area contributed by atoms with Crippen molar-refractivity contribution < 1.29 is 4.74 Å². The van der Waals surface area contributed by atoms with E-state index in [4.69, 9.17) is 16.3 Å². The molecule has 0 radical (unpaired) electrons. The van der Waals surface area contributed by atoms with Gasteiger partial charge in [-0.15, -0.1) is 0 Å². The van der Waals surface area contributed by atoms with Crippen LogP contribution in [0, 0.1) is 0 Å². The van der Waals surface area contributed by atoms with Gasteiger partial charge < -0.3 is 10.1 Å². The average molecular weight is 238 g/mol. The number of benzene rings is 1. The lowest BCUT2D eigenvalue weighted by Crippen LogP contribution is -2.12. The van der Waals surface area contributed by atoms with Crippen LogP contribution in [0.4, 0.5) is 0 Å². The molecule has 0 saturated carbocycles. The van der Waals surface area contributed by atoms with Crippen molar-refractivity contribution in [1.29, 1.82) is 0 Å². The van der Waals surface area contributed by atoms with E-state index < -0.39 is 0 Å². The van der Waals surface area contributed by atoms with Gasteiger partial charge in [0, 0.05) is 12.5 Å². The molecule has 16 heavy (non-hydrogen) atoms. The Balaban J connectivity index is 1.97. The zero-order valence-corrected chi connectivity index (χ0v) is 10.2. The molecule has 1 aromatic rings. The maximum absolute atomic E-state index is 6.27. The molecule has 86 valence electrons. The molecule has 2 unspecified atom stereocenters. The number of fused-ring (bicyclic) bond motifs is 1. The van der Waals surface area contributed by atoms with Crippen LogP contribution in [0.2, 0.25) is 5.02 Å². The minimum atomic E-state index is 0.263. The summed E-state index contributed by atoms with van der Waals surface area (Å²) in [5.41, 5.74) is 2.59. The number of halogens is 1. The Labute approximate surface area is 101 Å². The smallest absolute Gasteiger partial charge is 0.141 e. The highest BCUT2D eigenvalue weighted by molar-refractivity contribution is 6.32. The second-order valence-corrected chi connectivity index (χ2v) is 5.18. The summed E-state index contributed by atoms with van der Waals surface area (Å²) in [6, 6.07) is 4.80. The van der Waals surface area contributed by atoms with E-state index >= 15 is 0 Å². The lowest BCUT2D eigenvalue weighted by Gasteiger charge is -2.13. The molecule has 3 rings (SSSR count). The minimum Gasteiger partial charge on any atom is -0.489 e. The Morgan fingerprint density at radius 1 is 1.44 bits per heavy atom. The van der Waals surface area contributed by atoms with Gasteiger partial charge in [0.15, 0.2) is 0 Å². The van der Waals surface area contributed by atoms with E-state index in [-0.39, 0.29) is 6.10 Å². The van der Waals surface area contributed by atoms with Crippen LogP contribution in [0.1, 0.15) is 36.9 Å². The summed E-state index contributed by atoms with van der Waals surface area (Å²) < 4.78 is 5.70. The van der Waals surface area contributed by atoms with E-state index in [1.807, 2.05) is 0 Å². The van der Waals surface area contributed by atoms with Crippen molar-refractivity contribution >= 4 is 11.6 Å². The third-order valence-electron chi connectivity index (χ3n) is 3.43. The van der Waals surface area contributed by atoms with Crippen LogP contribution in [0.3, 0.4) is 0 Å². The van der Waals surface area contributed by atoms with Crippen molar-refractivity contribution in [2.24, 2.45) is 0 Å². The molecule has 1 aromatic carbocycles. The van der Waals surface area contributed by atoms with E-state index in [9.17, 15) is 0 Å². The Hall–Kier alpha value is -0.730. The quantitative estimate of drug-likeness (QED) is 0.811. The van der Waals surface area contributed by atoms with Crippen molar-refractivity contribution in [3.8, 4) is 5.75 Å². The van der Waals surface area contributed by atoms with E-state index in [1.54, 1.807) is 0 Å². The van der Waals surface area contributed by atoms with Gasteiger partial charge in [0.25, 0.3) is 0 Å². The van der Waals surface area contributed by atoms with Crippen LogP contribution >= 0.6 is 11.6 Å². The van der Waals surface area contributed by atoms with E-state index in [0.29, 0.717) is 6.04 Å². The summed E-state index contributed by atoms with van der Waals surface area (Å²) in [4.78, 5) is 0. The summed E-state index contributed by atoms with van der Waals surface area (Å²) in [5.74, 6) is 0.899. The normalized spacial score (nSPS) is 27.9. The summed E-state index contributed by atoms with van der Waals surface area (Å²) in [6.07, 6.45) is 3.72. The summed E-state index contributed by atoms with van der Waals surface area (Å²) in [5, 5.41) is 4.27. The number of hydrogen-bond acceptors (Lipinski definition) is 2. The van der Waals surface area contributed by atoms with Gasteiger partial charge in [0.2, 0.25) is 0 Å². The molecule has 0 bridgehead atoms. The van der Waals surface area contributed by atoms with Crippen molar-refractivity contribution in [2.45, 2.75) is 38.3 Å². The first-order valence-corrected chi connectivity index (χ1v) is 6.34. The summed E-state index contributed by atoms with van der Waals surface area (Å²) >= 11 is 6.27. The maximum atomic E-state index is 6.27. The van der Waals surface area contributed by atoms with Crippen LogP contribution in [-0.2, 0) is 6.42 Å². The lowest BCUT2D eigenvalue weighted by atomic mass is 10.0. The first kappa shape index (κ1) is 10.4. The molecule has 0 spiro atoms.